The monoisotopic (exact) mass is 258 g/mol. The van der Waals surface area contributed by atoms with Gasteiger partial charge in [-0.15, -0.1) is 0 Å². The summed E-state index contributed by atoms with van der Waals surface area (Å²) in [6.07, 6.45) is 0.681. The standard InChI is InChI=1S/C2HCl3O.C2H2Cl2O/c3-2(4,5)1-6;3-2(4)1-5/h1H;1-2H. The molecular weight excluding hydrogens is 257 g/mol. The van der Waals surface area contributed by atoms with Gasteiger partial charge in [-0.3, -0.25) is 4.79 Å². The largest absolute Gasteiger partial charge is 0.300 e. The minimum Gasteiger partial charge on any atom is -0.300 e. The molecule has 0 aliphatic carbocycles. The molecule has 11 heavy (non-hydrogen) atoms. The van der Waals surface area contributed by atoms with Gasteiger partial charge < -0.3 is 4.79 Å². The maximum absolute atomic E-state index is 9.43. The molecule has 0 radical (unpaired) electrons. The van der Waals surface area contributed by atoms with E-state index in [-0.39, 0.29) is 6.29 Å². The highest BCUT2D eigenvalue weighted by Crippen LogP contribution is 2.21. The Hall–Kier alpha value is 0.790. The van der Waals surface area contributed by atoms with Crippen molar-refractivity contribution in [2.24, 2.45) is 0 Å². The van der Waals surface area contributed by atoms with Crippen molar-refractivity contribution in [3.63, 3.8) is 0 Å². The Morgan fingerprint density at radius 3 is 1.27 bits per heavy atom. The Morgan fingerprint density at radius 2 is 1.27 bits per heavy atom. The molecule has 0 saturated heterocycles. The number of rotatable bonds is 1. The predicted molar refractivity (Wildman–Crippen MR) is 47.9 cm³/mol. The molecule has 0 N–H and O–H groups in total. The van der Waals surface area contributed by atoms with E-state index in [1.165, 1.54) is 0 Å². The third-order valence-corrected chi connectivity index (χ3v) is 0.709. The Labute approximate surface area is 88.7 Å². The van der Waals surface area contributed by atoms with Crippen LogP contribution in [0.1, 0.15) is 0 Å². The fourth-order valence-electron chi connectivity index (χ4n) is 0. The summed E-state index contributed by atoms with van der Waals surface area (Å²) in [5, 5.41) is 0. The van der Waals surface area contributed by atoms with Crippen molar-refractivity contribution in [1.29, 1.82) is 0 Å². The van der Waals surface area contributed by atoms with E-state index >= 15 is 0 Å². The van der Waals surface area contributed by atoms with Gasteiger partial charge in [0.05, 0.1) is 0 Å². The molecule has 0 rings (SSSR count). The molecule has 7 heteroatoms. The van der Waals surface area contributed by atoms with E-state index in [2.05, 4.69) is 0 Å². The van der Waals surface area contributed by atoms with E-state index in [4.69, 9.17) is 58.0 Å². The zero-order valence-corrected chi connectivity index (χ0v) is 8.72. The van der Waals surface area contributed by atoms with E-state index in [0.717, 1.165) is 0 Å². The predicted octanol–water partition coefficient (Wildman–Crippen LogP) is 2.54. The number of halogens is 5. The van der Waals surface area contributed by atoms with Gasteiger partial charge >= 0.3 is 0 Å². The Bertz CT molecular complexity index is 118. The molecule has 0 bridgehead atoms. The third kappa shape index (κ3) is 24.9. The van der Waals surface area contributed by atoms with Crippen LogP contribution in [0.2, 0.25) is 0 Å². The van der Waals surface area contributed by atoms with Crippen molar-refractivity contribution in [2.45, 2.75) is 8.63 Å². The molecule has 0 saturated carbocycles. The second kappa shape index (κ2) is 7.44. The molecule has 0 spiro atoms. The number of carbonyl (C=O) groups is 2. The van der Waals surface area contributed by atoms with Gasteiger partial charge in [0.25, 0.3) is 0 Å². The van der Waals surface area contributed by atoms with E-state index in [0.29, 0.717) is 6.29 Å². The molecule has 0 amide bonds. The number of hydrogen-bond acceptors (Lipinski definition) is 2. The van der Waals surface area contributed by atoms with Gasteiger partial charge in [0, 0.05) is 0 Å². The third-order valence-electron chi connectivity index (χ3n) is 0.236. The molecule has 0 fully saturated rings. The SMILES string of the molecule is O=CC(Cl)(Cl)Cl.O=CC(Cl)Cl. The van der Waals surface area contributed by atoms with Crippen LogP contribution in [0.15, 0.2) is 0 Å². The first-order chi connectivity index (χ1) is 4.83. The lowest BCUT2D eigenvalue weighted by molar-refractivity contribution is -0.107. The zero-order valence-electron chi connectivity index (χ0n) is 4.94. The molecule has 0 aromatic heterocycles. The maximum Gasteiger partial charge on any atom is 0.245 e. The lowest BCUT2D eigenvalue weighted by atomic mass is 10.9. The zero-order chi connectivity index (χ0) is 9.49. The smallest absolute Gasteiger partial charge is 0.245 e. The van der Waals surface area contributed by atoms with E-state index in [1.54, 1.807) is 0 Å². The van der Waals surface area contributed by atoms with Crippen LogP contribution in [0.3, 0.4) is 0 Å². The first-order valence-electron chi connectivity index (χ1n) is 2.10. The van der Waals surface area contributed by atoms with Crippen molar-refractivity contribution in [2.75, 3.05) is 0 Å². The van der Waals surface area contributed by atoms with E-state index in [1.807, 2.05) is 0 Å². The molecule has 0 aliphatic heterocycles. The lowest BCUT2D eigenvalue weighted by Crippen LogP contribution is -2.00. The van der Waals surface area contributed by atoms with Crippen LogP contribution in [-0.2, 0) is 9.59 Å². The molecular formula is C4H3Cl5O2. The van der Waals surface area contributed by atoms with Crippen LogP contribution in [-0.4, -0.2) is 21.2 Å². The van der Waals surface area contributed by atoms with Gasteiger partial charge in [0.1, 0.15) is 0 Å². The highest BCUT2D eigenvalue weighted by molar-refractivity contribution is 6.74. The van der Waals surface area contributed by atoms with Gasteiger partial charge in [-0.05, 0) is 0 Å². The summed E-state index contributed by atoms with van der Waals surface area (Å²) in [5.74, 6) is 0. The van der Waals surface area contributed by atoms with Crippen LogP contribution in [0.5, 0.6) is 0 Å². The van der Waals surface area contributed by atoms with Crippen molar-refractivity contribution in [3.05, 3.63) is 0 Å². The van der Waals surface area contributed by atoms with Gasteiger partial charge in [-0.1, -0.05) is 58.0 Å². The molecule has 0 unspecified atom stereocenters. The molecule has 0 aromatic rings. The highest BCUT2D eigenvalue weighted by Gasteiger charge is 2.16. The summed E-state index contributed by atoms with van der Waals surface area (Å²) in [7, 11) is 0. The number of carbonyl (C=O) groups excluding carboxylic acids is 2. The van der Waals surface area contributed by atoms with E-state index < -0.39 is 8.63 Å². The summed E-state index contributed by atoms with van der Waals surface area (Å²) in [5.41, 5.74) is 0. The first kappa shape index (κ1) is 14.3. The second-order valence-corrected chi connectivity index (χ2v) is 4.66. The van der Waals surface area contributed by atoms with Gasteiger partial charge in [-0.25, -0.2) is 0 Å². The lowest BCUT2D eigenvalue weighted by Gasteiger charge is -1.93. The summed E-state index contributed by atoms with van der Waals surface area (Å²) >= 11 is 24.4. The Kier molecular flexibility index (Phi) is 9.69. The number of hydrogen-bond donors (Lipinski definition) is 0. The molecule has 0 heterocycles. The summed E-state index contributed by atoms with van der Waals surface area (Å²) < 4.78 is -1.72. The quantitative estimate of drug-likeness (QED) is 0.536. The van der Waals surface area contributed by atoms with Crippen molar-refractivity contribution in [1.82, 2.24) is 0 Å². The minimum absolute atomic E-state index is 0.234. The van der Waals surface area contributed by atoms with Crippen molar-refractivity contribution >= 4 is 70.6 Å². The average Bonchev–Trinajstić information content (AvgIpc) is 1.88. The topological polar surface area (TPSA) is 34.1 Å². The maximum atomic E-state index is 9.43. The Balaban J connectivity index is 0. The van der Waals surface area contributed by atoms with E-state index in [9.17, 15) is 9.59 Å². The molecule has 0 aliphatic rings. The fraction of sp³-hybridized carbons (Fsp3) is 0.500. The number of aldehydes is 2. The van der Waals surface area contributed by atoms with Gasteiger partial charge in [0.2, 0.25) is 3.79 Å². The van der Waals surface area contributed by atoms with Crippen LogP contribution in [0.4, 0.5) is 0 Å². The molecule has 66 valence electrons. The first-order valence-corrected chi connectivity index (χ1v) is 4.10. The average molecular weight is 260 g/mol. The fourth-order valence-corrected chi connectivity index (χ4v) is 0. The summed E-state index contributed by atoms with van der Waals surface area (Å²) in [6.45, 7) is 0. The molecule has 0 atom stereocenters. The van der Waals surface area contributed by atoms with Gasteiger partial charge in [0.15, 0.2) is 17.4 Å². The van der Waals surface area contributed by atoms with Crippen LogP contribution in [0.25, 0.3) is 0 Å². The van der Waals surface area contributed by atoms with Crippen LogP contribution in [0, 0.1) is 0 Å². The second-order valence-electron chi connectivity index (χ2n) is 1.13. The van der Waals surface area contributed by atoms with Crippen LogP contribution >= 0.6 is 58.0 Å². The number of alkyl halides is 5. The molecule has 0 aromatic carbocycles. The Morgan fingerprint density at radius 1 is 1.09 bits per heavy atom. The summed E-state index contributed by atoms with van der Waals surface area (Å²) in [4.78, 5) is 17.8. The molecule has 2 nitrogen and oxygen atoms in total. The summed E-state index contributed by atoms with van der Waals surface area (Å²) in [6, 6.07) is 0. The van der Waals surface area contributed by atoms with Crippen molar-refractivity contribution < 1.29 is 9.59 Å². The normalized spacial score (nSPS) is 10.0. The minimum atomic E-state index is -1.72. The van der Waals surface area contributed by atoms with Gasteiger partial charge in [-0.2, -0.15) is 0 Å². The van der Waals surface area contributed by atoms with Crippen molar-refractivity contribution in [3.8, 4) is 0 Å². The highest BCUT2D eigenvalue weighted by atomic mass is 35.6. The van der Waals surface area contributed by atoms with Crippen LogP contribution < -0.4 is 0 Å².